The van der Waals surface area contributed by atoms with E-state index in [1.807, 2.05) is 36.4 Å². The van der Waals surface area contributed by atoms with E-state index in [0.717, 1.165) is 41.3 Å². The third kappa shape index (κ3) is 4.08. The normalized spacial score (nSPS) is 19.6. The van der Waals surface area contributed by atoms with Gasteiger partial charge in [-0.2, -0.15) is 0 Å². The summed E-state index contributed by atoms with van der Waals surface area (Å²) in [5.41, 5.74) is 3.97. The first-order chi connectivity index (χ1) is 16.9. The fourth-order valence-corrected chi connectivity index (χ4v) is 5.01. The molecule has 4 heterocycles. The molecule has 0 bridgehead atoms. The highest BCUT2D eigenvalue weighted by molar-refractivity contribution is 5.89. The summed E-state index contributed by atoms with van der Waals surface area (Å²) in [6, 6.07) is 17.5. The van der Waals surface area contributed by atoms with Gasteiger partial charge in [0.15, 0.2) is 5.76 Å². The zero-order valence-corrected chi connectivity index (χ0v) is 20.3. The SMILES string of the molecule is [C-]#[N+]c1ccc2c(n1)c(N1C[C@@H](C)N(C(C)c3cc(-c4ccccc4)no3)C[C@@H]1C)cc(=O)n2C. The van der Waals surface area contributed by atoms with E-state index in [1.165, 1.54) is 0 Å². The van der Waals surface area contributed by atoms with Crippen LogP contribution in [-0.2, 0) is 7.05 Å². The van der Waals surface area contributed by atoms with Crippen LogP contribution in [0.15, 0.2) is 63.9 Å². The minimum atomic E-state index is -0.0874. The summed E-state index contributed by atoms with van der Waals surface area (Å²) >= 11 is 0. The lowest BCUT2D eigenvalue weighted by Gasteiger charge is -2.46. The van der Waals surface area contributed by atoms with Crippen molar-refractivity contribution >= 4 is 22.5 Å². The average Bonchev–Trinajstić information content (AvgIpc) is 3.38. The number of piperazine rings is 1. The number of nitrogens with zero attached hydrogens (tertiary/aromatic N) is 6. The Kier molecular flexibility index (Phi) is 5.87. The Bertz CT molecular complexity index is 1470. The predicted octanol–water partition coefficient (Wildman–Crippen LogP) is 4.80. The molecule has 0 aliphatic carbocycles. The molecule has 1 aromatic carbocycles. The molecule has 4 aromatic rings. The summed E-state index contributed by atoms with van der Waals surface area (Å²) < 4.78 is 7.34. The second-order valence-electron chi connectivity index (χ2n) is 9.28. The number of benzene rings is 1. The van der Waals surface area contributed by atoms with Gasteiger partial charge in [-0.1, -0.05) is 42.1 Å². The van der Waals surface area contributed by atoms with Crippen molar-refractivity contribution in [2.24, 2.45) is 7.05 Å². The van der Waals surface area contributed by atoms with Crippen molar-refractivity contribution in [1.29, 1.82) is 0 Å². The van der Waals surface area contributed by atoms with E-state index >= 15 is 0 Å². The molecule has 1 aliphatic heterocycles. The van der Waals surface area contributed by atoms with Crippen LogP contribution in [0.1, 0.15) is 32.6 Å². The van der Waals surface area contributed by atoms with Crippen LogP contribution in [0.5, 0.6) is 0 Å². The monoisotopic (exact) mass is 468 g/mol. The Morgan fingerprint density at radius 2 is 1.86 bits per heavy atom. The van der Waals surface area contributed by atoms with Crippen molar-refractivity contribution in [3.05, 3.63) is 82.1 Å². The number of aromatic nitrogens is 3. The Hall–Kier alpha value is -3.96. The first-order valence-corrected chi connectivity index (χ1v) is 11.8. The molecule has 8 nitrogen and oxygen atoms in total. The highest BCUT2D eigenvalue weighted by atomic mass is 16.5. The molecule has 0 N–H and O–H groups in total. The molecule has 1 unspecified atom stereocenters. The maximum atomic E-state index is 12.7. The van der Waals surface area contributed by atoms with Crippen molar-refractivity contribution in [3.63, 3.8) is 0 Å². The first kappa shape index (κ1) is 22.8. The van der Waals surface area contributed by atoms with E-state index in [-0.39, 0.29) is 23.7 Å². The predicted molar refractivity (Wildman–Crippen MR) is 137 cm³/mol. The van der Waals surface area contributed by atoms with Gasteiger partial charge in [0.1, 0.15) is 5.69 Å². The molecule has 0 amide bonds. The minimum Gasteiger partial charge on any atom is -0.362 e. The van der Waals surface area contributed by atoms with Gasteiger partial charge in [-0.3, -0.25) is 9.69 Å². The summed E-state index contributed by atoms with van der Waals surface area (Å²) in [6.45, 7) is 15.4. The number of aryl methyl sites for hydroxylation is 1. The smallest absolute Gasteiger partial charge is 0.270 e. The highest BCUT2D eigenvalue weighted by Gasteiger charge is 2.35. The summed E-state index contributed by atoms with van der Waals surface area (Å²) in [7, 11) is 1.74. The molecular weight excluding hydrogens is 440 g/mol. The molecule has 35 heavy (non-hydrogen) atoms. The summed E-state index contributed by atoms with van der Waals surface area (Å²) in [5, 5.41) is 4.30. The lowest BCUT2D eigenvalue weighted by atomic mass is 10.0. The summed E-state index contributed by atoms with van der Waals surface area (Å²) in [6.07, 6.45) is 0. The number of hydrogen-bond donors (Lipinski definition) is 0. The van der Waals surface area contributed by atoms with E-state index in [4.69, 9.17) is 11.1 Å². The lowest BCUT2D eigenvalue weighted by molar-refractivity contribution is 0.102. The molecule has 0 saturated carbocycles. The van der Waals surface area contributed by atoms with E-state index in [2.05, 4.69) is 45.6 Å². The molecule has 5 rings (SSSR count). The summed E-state index contributed by atoms with van der Waals surface area (Å²) in [4.78, 5) is 25.5. The van der Waals surface area contributed by atoms with E-state index in [1.54, 1.807) is 29.8 Å². The first-order valence-electron chi connectivity index (χ1n) is 11.8. The van der Waals surface area contributed by atoms with Gasteiger partial charge in [-0.15, -0.1) is 4.98 Å². The molecule has 3 aromatic heterocycles. The molecule has 8 heteroatoms. The zero-order valence-electron chi connectivity index (χ0n) is 20.3. The van der Waals surface area contributed by atoms with E-state index in [9.17, 15) is 4.79 Å². The maximum absolute atomic E-state index is 12.7. The minimum absolute atomic E-state index is 0.0480. The second-order valence-corrected chi connectivity index (χ2v) is 9.28. The van der Waals surface area contributed by atoms with Crippen molar-refractivity contribution < 1.29 is 4.52 Å². The Labute approximate surface area is 204 Å². The van der Waals surface area contributed by atoms with Crippen LogP contribution in [0, 0.1) is 6.57 Å². The molecule has 0 spiro atoms. The van der Waals surface area contributed by atoms with Gasteiger partial charge in [0.05, 0.1) is 17.2 Å². The molecule has 3 atom stereocenters. The Balaban J connectivity index is 1.43. The maximum Gasteiger partial charge on any atom is 0.270 e. The second kappa shape index (κ2) is 9.01. The van der Waals surface area contributed by atoms with Crippen LogP contribution in [0.4, 0.5) is 11.5 Å². The van der Waals surface area contributed by atoms with Crippen LogP contribution in [0.3, 0.4) is 0 Å². The lowest BCUT2D eigenvalue weighted by Crippen LogP contribution is -2.57. The highest BCUT2D eigenvalue weighted by Crippen LogP contribution is 2.34. The van der Waals surface area contributed by atoms with Gasteiger partial charge in [-0.05, 0) is 32.9 Å². The van der Waals surface area contributed by atoms with Crippen LogP contribution >= 0.6 is 0 Å². The fraction of sp³-hybridized carbons (Fsp3) is 0.333. The summed E-state index contributed by atoms with van der Waals surface area (Å²) in [5.74, 6) is 1.16. The third-order valence-corrected chi connectivity index (χ3v) is 7.02. The van der Waals surface area contributed by atoms with E-state index in [0.29, 0.717) is 11.3 Å². The van der Waals surface area contributed by atoms with Gasteiger partial charge in [0.25, 0.3) is 11.4 Å². The number of fused-ring (bicyclic) bond motifs is 1. The topological polar surface area (TPSA) is 71.8 Å². The van der Waals surface area contributed by atoms with Crippen LogP contribution < -0.4 is 10.5 Å². The molecule has 0 radical (unpaired) electrons. The third-order valence-electron chi connectivity index (χ3n) is 7.02. The largest absolute Gasteiger partial charge is 0.362 e. The van der Waals surface area contributed by atoms with Gasteiger partial charge >= 0.3 is 0 Å². The van der Waals surface area contributed by atoms with Crippen LogP contribution in [0.2, 0.25) is 0 Å². The number of rotatable bonds is 4. The number of pyridine rings is 2. The van der Waals surface area contributed by atoms with Gasteiger partial charge in [-0.25, -0.2) is 0 Å². The number of hydrogen-bond acceptors (Lipinski definition) is 6. The molecule has 178 valence electrons. The van der Waals surface area contributed by atoms with Crippen molar-refractivity contribution in [2.75, 3.05) is 18.0 Å². The van der Waals surface area contributed by atoms with Gasteiger partial charge < -0.3 is 18.8 Å². The molecule has 1 aliphatic rings. The van der Waals surface area contributed by atoms with E-state index < -0.39 is 0 Å². The van der Waals surface area contributed by atoms with Gasteiger partial charge in [0.2, 0.25) is 5.52 Å². The van der Waals surface area contributed by atoms with Gasteiger partial charge in [0, 0.05) is 49.9 Å². The van der Waals surface area contributed by atoms with Crippen molar-refractivity contribution in [3.8, 4) is 11.3 Å². The Morgan fingerprint density at radius 1 is 1.09 bits per heavy atom. The molecule has 1 fully saturated rings. The van der Waals surface area contributed by atoms with Crippen molar-refractivity contribution in [1.82, 2.24) is 19.6 Å². The van der Waals surface area contributed by atoms with Crippen LogP contribution in [0.25, 0.3) is 27.1 Å². The van der Waals surface area contributed by atoms with Crippen molar-refractivity contribution in [2.45, 2.75) is 38.9 Å². The fourth-order valence-electron chi connectivity index (χ4n) is 5.01. The Morgan fingerprint density at radius 3 is 2.60 bits per heavy atom. The zero-order chi connectivity index (χ0) is 24.7. The molecule has 1 saturated heterocycles. The van der Waals surface area contributed by atoms with Crippen LogP contribution in [-0.4, -0.2) is 44.8 Å². The number of anilines is 1. The standard InChI is InChI=1S/C27H28N6O2/c1-17-16-33(23-14-26(34)31(5)22-11-12-25(28-4)29-27(22)23)18(2)15-32(17)19(3)24-13-21(30-35-24)20-9-7-6-8-10-20/h6-14,17-19H,15-16H2,1-3,5H3/t17-,18+,19?/m1/s1. The molecular formula is C27H28N6O2. The average molecular weight is 469 g/mol. The quantitative estimate of drug-likeness (QED) is 0.401.